The van der Waals surface area contributed by atoms with E-state index in [9.17, 15) is 14.4 Å². The first-order chi connectivity index (χ1) is 15.5. The van der Waals surface area contributed by atoms with Gasteiger partial charge in [0.15, 0.2) is 17.3 Å². The average molecular weight is 430 g/mol. The largest absolute Gasteiger partial charge is 0.465 e. The van der Waals surface area contributed by atoms with E-state index in [2.05, 4.69) is 4.74 Å². The summed E-state index contributed by atoms with van der Waals surface area (Å²) in [6, 6.07) is 17.7. The number of hydrogen-bond donors (Lipinski definition) is 0. The van der Waals surface area contributed by atoms with Crippen molar-refractivity contribution in [2.75, 3.05) is 13.9 Å². The Hall–Kier alpha value is -4.39. The molecule has 0 spiro atoms. The number of ketones is 1. The maximum absolute atomic E-state index is 12.4. The summed E-state index contributed by atoms with van der Waals surface area (Å²) in [5.74, 6) is 0.208. The first kappa shape index (κ1) is 20.9. The van der Waals surface area contributed by atoms with Crippen molar-refractivity contribution in [3.8, 4) is 17.2 Å². The lowest BCUT2D eigenvalue weighted by molar-refractivity contribution is 0.0600. The van der Waals surface area contributed by atoms with E-state index in [-0.39, 0.29) is 12.6 Å². The van der Waals surface area contributed by atoms with Crippen LogP contribution in [-0.2, 0) is 4.74 Å². The van der Waals surface area contributed by atoms with Crippen LogP contribution >= 0.6 is 0 Å². The predicted molar refractivity (Wildman–Crippen MR) is 115 cm³/mol. The molecule has 3 aromatic rings. The van der Waals surface area contributed by atoms with Gasteiger partial charge in [0.1, 0.15) is 5.75 Å². The van der Waals surface area contributed by atoms with Gasteiger partial charge in [-0.25, -0.2) is 9.59 Å². The molecular formula is C25H18O7. The molecule has 0 atom stereocenters. The molecule has 0 aromatic heterocycles. The molecular weight excluding hydrogens is 412 g/mol. The van der Waals surface area contributed by atoms with Gasteiger partial charge in [-0.15, -0.1) is 0 Å². The standard InChI is InChI=1S/C25H18O7/c1-29-24(27)18-5-2-16(3-6-18)4-12-21(26)17-7-10-20(11-8-17)32-25(28)19-9-13-22-23(14-19)31-15-30-22/h2-14H,15H2,1H3. The number of methoxy groups -OCH3 is 1. The van der Waals surface area contributed by atoms with Crippen molar-refractivity contribution in [2.45, 2.75) is 0 Å². The quantitative estimate of drug-likeness (QED) is 0.249. The van der Waals surface area contributed by atoms with Crippen LogP contribution in [0.25, 0.3) is 6.08 Å². The Labute approximate surface area is 183 Å². The van der Waals surface area contributed by atoms with Crippen molar-refractivity contribution in [3.05, 3.63) is 95.1 Å². The van der Waals surface area contributed by atoms with Crippen molar-refractivity contribution >= 4 is 23.8 Å². The zero-order valence-corrected chi connectivity index (χ0v) is 17.1. The highest BCUT2D eigenvalue weighted by molar-refractivity contribution is 6.07. The van der Waals surface area contributed by atoms with Crippen LogP contribution in [0.1, 0.15) is 36.6 Å². The van der Waals surface area contributed by atoms with E-state index >= 15 is 0 Å². The third kappa shape index (κ3) is 4.67. The molecule has 0 saturated heterocycles. The fraction of sp³-hybridized carbons (Fsp3) is 0.0800. The van der Waals surface area contributed by atoms with Crippen LogP contribution in [0.2, 0.25) is 0 Å². The lowest BCUT2D eigenvalue weighted by Gasteiger charge is -2.06. The van der Waals surface area contributed by atoms with E-state index in [1.165, 1.54) is 13.2 Å². The third-order valence-electron chi connectivity index (χ3n) is 4.72. The SMILES string of the molecule is COC(=O)c1ccc(C=CC(=O)c2ccc(OC(=O)c3ccc4c(c3)OCO4)cc2)cc1. The number of ether oxygens (including phenoxy) is 4. The zero-order valence-electron chi connectivity index (χ0n) is 17.1. The Balaban J connectivity index is 1.37. The average Bonchev–Trinajstić information content (AvgIpc) is 3.31. The molecule has 0 saturated carbocycles. The molecule has 1 aliphatic rings. The van der Waals surface area contributed by atoms with E-state index in [1.54, 1.807) is 72.8 Å². The van der Waals surface area contributed by atoms with Gasteiger partial charge < -0.3 is 18.9 Å². The van der Waals surface area contributed by atoms with Gasteiger partial charge in [0, 0.05) is 5.56 Å². The smallest absolute Gasteiger partial charge is 0.343 e. The molecule has 1 aliphatic heterocycles. The van der Waals surface area contributed by atoms with Crippen LogP contribution in [0.3, 0.4) is 0 Å². The van der Waals surface area contributed by atoms with Crippen LogP contribution in [0, 0.1) is 0 Å². The Kier molecular flexibility index (Phi) is 5.98. The van der Waals surface area contributed by atoms with Crippen molar-refractivity contribution in [1.29, 1.82) is 0 Å². The lowest BCUT2D eigenvalue weighted by Crippen LogP contribution is -2.08. The molecule has 0 unspecified atom stereocenters. The second kappa shape index (κ2) is 9.18. The summed E-state index contributed by atoms with van der Waals surface area (Å²) in [5.41, 5.74) is 1.97. The normalized spacial score (nSPS) is 11.9. The number of hydrogen-bond acceptors (Lipinski definition) is 7. The number of benzene rings is 3. The summed E-state index contributed by atoms with van der Waals surface area (Å²) in [5, 5.41) is 0. The number of rotatable bonds is 6. The van der Waals surface area contributed by atoms with E-state index in [4.69, 9.17) is 14.2 Å². The van der Waals surface area contributed by atoms with Gasteiger partial charge in [0.05, 0.1) is 18.2 Å². The van der Waals surface area contributed by atoms with Crippen LogP contribution in [-0.4, -0.2) is 31.6 Å². The molecule has 0 fully saturated rings. The predicted octanol–water partition coefficient (Wildman–Crippen LogP) is 4.32. The summed E-state index contributed by atoms with van der Waals surface area (Å²) in [6.07, 6.45) is 3.08. The van der Waals surface area contributed by atoms with Gasteiger partial charge >= 0.3 is 11.9 Å². The highest BCUT2D eigenvalue weighted by Gasteiger charge is 2.17. The monoisotopic (exact) mass is 430 g/mol. The number of esters is 2. The fourth-order valence-electron chi connectivity index (χ4n) is 2.99. The molecule has 32 heavy (non-hydrogen) atoms. The van der Waals surface area contributed by atoms with E-state index in [1.807, 2.05) is 0 Å². The van der Waals surface area contributed by atoms with Crippen LogP contribution in [0.4, 0.5) is 0 Å². The number of allylic oxidation sites excluding steroid dienone is 1. The molecule has 0 radical (unpaired) electrons. The minimum atomic E-state index is -0.544. The summed E-state index contributed by atoms with van der Waals surface area (Å²) >= 11 is 0. The molecule has 4 rings (SSSR count). The first-order valence-corrected chi connectivity index (χ1v) is 9.66. The summed E-state index contributed by atoms with van der Waals surface area (Å²) in [4.78, 5) is 36.2. The van der Waals surface area contributed by atoms with Gasteiger partial charge in [-0.05, 0) is 66.2 Å². The van der Waals surface area contributed by atoms with Crippen LogP contribution < -0.4 is 14.2 Å². The van der Waals surface area contributed by atoms with Crippen molar-refractivity contribution in [2.24, 2.45) is 0 Å². The Bertz CT molecular complexity index is 1190. The molecule has 0 amide bonds. The van der Waals surface area contributed by atoms with Gasteiger partial charge in [-0.1, -0.05) is 18.2 Å². The Morgan fingerprint density at radius 2 is 1.44 bits per heavy atom. The van der Waals surface area contributed by atoms with E-state index in [0.29, 0.717) is 33.9 Å². The summed E-state index contributed by atoms with van der Waals surface area (Å²) in [7, 11) is 1.32. The maximum atomic E-state index is 12.4. The molecule has 1 heterocycles. The first-order valence-electron chi connectivity index (χ1n) is 9.66. The van der Waals surface area contributed by atoms with Crippen LogP contribution in [0.15, 0.2) is 72.8 Å². The Morgan fingerprint density at radius 3 is 2.16 bits per heavy atom. The molecule has 0 bridgehead atoms. The van der Waals surface area contributed by atoms with E-state index < -0.39 is 11.9 Å². The molecule has 0 N–H and O–H groups in total. The lowest BCUT2D eigenvalue weighted by atomic mass is 10.1. The maximum Gasteiger partial charge on any atom is 0.343 e. The van der Waals surface area contributed by atoms with Crippen molar-refractivity contribution in [1.82, 2.24) is 0 Å². The molecule has 0 aliphatic carbocycles. The number of carbonyl (C=O) groups is 3. The van der Waals surface area contributed by atoms with E-state index in [0.717, 1.165) is 5.56 Å². The third-order valence-corrected chi connectivity index (χ3v) is 4.72. The zero-order chi connectivity index (χ0) is 22.5. The fourth-order valence-corrected chi connectivity index (χ4v) is 2.99. The van der Waals surface area contributed by atoms with Gasteiger partial charge in [0.25, 0.3) is 0 Å². The van der Waals surface area contributed by atoms with Crippen molar-refractivity contribution < 1.29 is 33.3 Å². The molecule has 7 heteroatoms. The molecule has 160 valence electrons. The number of carbonyl (C=O) groups excluding carboxylic acids is 3. The second-order valence-electron chi connectivity index (χ2n) is 6.79. The second-order valence-corrected chi connectivity index (χ2v) is 6.79. The van der Waals surface area contributed by atoms with Gasteiger partial charge in [-0.2, -0.15) is 0 Å². The number of fused-ring (bicyclic) bond motifs is 1. The summed E-state index contributed by atoms with van der Waals surface area (Å²) in [6.45, 7) is 0.122. The van der Waals surface area contributed by atoms with Gasteiger partial charge in [0.2, 0.25) is 6.79 Å². The molecule has 3 aromatic carbocycles. The van der Waals surface area contributed by atoms with Crippen molar-refractivity contribution in [3.63, 3.8) is 0 Å². The summed E-state index contributed by atoms with van der Waals surface area (Å²) < 4.78 is 20.5. The minimum absolute atomic E-state index is 0.122. The topological polar surface area (TPSA) is 88.1 Å². The molecule has 7 nitrogen and oxygen atoms in total. The minimum Gasteiger partial charge on any atom is -0.465 e. The van der Waals surface area contributed by atoms with Crippen LogP contribution in [0.5, 0.6) is 17.2 Å². The Morgan fingerprint density at radius 1 is 0.781 bits per heavy atom. The van der Waals surface area contributed by atoms with Gasteiger partial charge in [-0.3, -0.25) is 4.79 Å². The highest BCUT2D eigenvalue weighted by Crippen LogP contribution is 2.32. The highest BCUT2D eigenvalue weighted by atomic mass is 16.7.